The molecule has 0 aliphatic carbocycles. The van der Waals surface area contributed by atoms with Gasteiger partial charge in [-0.2, -0.15) is 23.4 Å². The van der Waals surface area contributed by atoms with Gasteiger partial charge in [0.05, 0.1) is 46.1 Å². The molecule has 0 fully saturated rings. The molecule has 1 aliphatic heterocycles. The first kappa shape index (κ1) is 23.4. The number of carbonyl (C=O) groups is 1. The van der Waals surface area contributed by atoms with E-state index in [1.165, 1.54) is 18.9 Å². The van der Waals surface area contributed by atoms with Gasteiger partial charge >= 0.3 is 6.18 Å². The third kappa shape index (κ3) is 4.17. The minimum atomic E-state index is -4.70. The summed E-state index contributed by atoms with van der Waals surface area (Å²) in [5.41, 5.74) is 1.83. The molecule has 176 valence electrons. The van der Waals surface area contributed by atoms with Crippen LogP contribution in [0.5, 0.6) is 5.75 Å². The number of nitrogens with zero attached hydrogens (tertiary/aromatic N) is 5. The Morgan fingerprint density at radius 1 is 1.21 bits per heavy atom. The van der Waals surface area contributed by atoms with Gasteiger partial charge < -0.3 is 9.64 Å². The van der Waals surface area contributed by atoms with Crippen LogP contribution in [-0.2, 0) is 23.9 Å². The number of carbonyl (C=O) groups excluding carboxylic acids is 1. The zero-order chi connectivity index (χ0) is 24.1. The highest BCUT2D eigenvalue weighted by Crippen LogP contribution is 2.36. The highest BCUT2D eigenvalue weighted by Gasteiger charge is 2.38. The van der Waals surface area contributed by atoms with Crippen LogP contribution in [0.1, 0.15) is 29.1 Å². The normalized spacial score (nSPS) is 13.9. The van der Waals surface area contributed by atoms with Gasteiger partial charge in [-0.15, -0.1) is 0 Å². The fourth-order valence-electron chi connectivity index (χ4n) is 3.89. The number of fused-ring (bicyclic) bond motifs is 1. The molecule has 1 aliphatic rings. The molecular formula is C21H20Cl2F3N5O2. The van der Waals surface area contributed by atoms with Crippen molar-refractivity contribution in [3.05, 3.63) is 51.0 Å². The minimum absolute atomic E-state index is 0.0778. The van der Waals surface area contributed by atoms with Crippen molar-refractivity contribution in [2.75, 3.05) is 18.6 Å². The van der Waals surface area contributed by atoms with E-state index in [2.05, 4.69) is 10.2 Å². The molecule has 0 N–H and O–H groups in total. The summed E-state index contributed by atoms with van der Waals surface area (Å²) in [6.07, 6.45) is -1.78. The summed E-state index contributed by atoms with van der Waals surface area (Å²) < 4.78 is 47.4. The van der Waals surface area contributed by atoms with Gasteiger partial charge in [0.1, 0.15) is 12.3 Å². The average molecular weight is 502 g/mol. The van der Waals surface area contributed by atoms with E-state index in [0.29, 0.717) is 35.8 Å². The Morgan fingerprint density at radius 2 is 1.94 bits per heavy atom. The fraction of sp³-hybridized carbons (Fsp3) is 0.381. The number of aryl methyl sites for hydroxylation is 1. The van der Waals surface area contributed by atoms with Gasteiger partial charge in [-0.1, -0.05) is 23.2 Å². The number of ether oxygens (including phenoxy) is 1. The van der Waals surface area contributed by atoms with E-state index in [9.17, 15) is 18.0 Å². The molecule has 1 aromatic carbocycles. The lowest BCUT2D eigenvalue weighted by atomic mass is 10.1. The maximum Gasteiger partial charge on any atom is 0.436 e. The van der Waals surface area contributed by atoms with Gasteiger partial charge in [-0.05, 0) is 38.3 Å². The fourth-order valence-corrected chi connectivity index (χ4v) is 4.32. The van der Waals surface area contributed by atoms with Crippen LogP contribution < -0.4 is 9.64 Å². The molecule has 0 atom stereocenters. The number of amides is 1. The zero-order valence-corrected chi connectivity index (χ0v) is 19.5. The van der Waals surface area contributed by atoms with Crippen LogP contribution in [0.15, 0.2) is 18.3 Å². The summed E-state index contributed by atoms with van der Waals surface area (Å²) in [7, 11) is 1.52. The molecule has 0 saturated carbocycles. The topological polar surface area (TPSA) is 65.2 Å². The molecular weight excluding hydrogens is 482 g/mol. The molecule has 7 nitrogen and oxygen atoms in total. The van der Waals surface area contributed by atoms with E-state index in [0.717, 1.165) is 21.6 Å². The Morgan fingerprint density at radius 3 is 2.58 bits per heavy atom. The van der Waals surface area contributed by atoms with E-state index in [1.807, 2.05) is 13.0 Å². The molecule has 33 heavy (non-hydrogen) atoms. The van der Waals surface area contributed by atoms with Gasteiger partial charge in [-0.3, -0.25) is 9.48 Å². The van der Waals surface area contributed by atoms with Crippen LogP contribution in [0.2, 0.25) is 10.0 Å². The number of hydrogen-bond acceptors (Lipinski definition) is 4. The maximum absolute atomic E-state index is 13.1. The number of halogens is 5. The molecule has 0 unspecified atom stereocenters. The van der Waals surface area contributed by atoms with E-state index < -0.39 is 22.8 Å². The predicted molar refractivity (Wildman–Crippen MR) is 118 cm³/mol. The first-order valence-electron chi connectivity index (χ1n) is 10.0. The Hall–Kier alpha value is -2.72. The van der Waals surface area contributed by atoms with Crippen molar-refractivity contribution < 1.29 is 22.7 Å². The largest absolute Gasteiger partial charge is 0.495 e. The van der Waals surface area contributed by atoms with E-state index in [-0.39, 0.29) is 12.2 Å². The van der Waals surface area contributed by atoms with Gasteiger partial charge in [0, 0.05) is 12.6 Å². The van der Waals surface area contributed by atoms with E-state index in [1.54, 1.807) is 16.9 Å². The molecule has 1 amide bonds. The van der Waals surface area contributed by atoms with Gasteiger partial charge in [-0.25, -0.2) is 4.68 Å². The Bertz CT molecular complexity index is 1240. The number of benzene rings is 1. The van der Waals surface area contributed by atoms with Crippen molar-refractivity contribution >= 4 is 34.8 Å². The number of anilines is 1. The number of alkyl halides is 3. The average Bonchev–Trinajstić information content (AvgIpc) is 3.32. The first-order valence-corrected chi connectivity index (χ1v) is 10.8. The molecule has 2 aromatic heterocycles. The molecule has 3 aromatic rings. The Labute approximate surface area is 197 Å². The lowest BCUT2D eigenvalue weighted by molar-refractivity contribution is -0.141. The monoisotopic (exact) mass is 501 g/mol. The highest BCUT2D eigenvalue weighted by molar-refractivity contribution is 6.33. The number of hydrogen-bond donors (Lipinski definition) is 0. The van der Waals surface area contributed by atoms with Crippen molar-refractivity contribution in [1.82, 2.24) is 19.6 Å². The van der Waals surface area contributed by atoms with Crippen LogP contribution in [0.3, 0.4) is 0 Å². The summed E-state index contributed by atoms with van der Waals surface area (Å²) in [5, 5.41) is 7.98. The van der Waals surface area contributed by atoms with Crippen molar-refractivity contribution in [1.29, 1.82) is 0 Å². The van der Waals surface area contributed by atoms with E-state index >= 15 is 0 Å². The summed E-state index contributed by atoms with van der Waals surface area (Å²) >= 11 is 12.1. The van der Waals surface area contributed by atoms with Crippen molar-refractivity contribution in [2.24, 2.45) is 0 Å². The zero-order valence-electron chi connectivity index (χ0n) is 18.0. The summed E-state index contributed by atoms with van der Waals surface area (Å²) in [6.45, 7) is 3.29. The number of rotatable bonds is 4. The number of aromatic nitrogens is 4. The molecule has 3 heterocycles. The molecule has 0 spiro atoms. The van der Waals surface area contributed by atoms with Crippen LogP contribution in [-0.4, -0.2) is 39.1 Å². The lowest BCUT2D eigenvalue weighted by Crippen LogP contribution is -2.38. The van der Waals surface area contributed by atoms with Crippen molar-refractivity contribution in [2.45, 2.75) is 39.4 Å². The predicted octanol–water partition coefficient (Wildman–Crippen LogP) is 5.00. The smallest absolute Gasteiger partial charge is 0.436 e. The summed E-state index contributed by atoms with van der Waals surface area (Å²) in [5.74, 6) is 0.0996. The minimum Gasteiger partial charge on any atom is -0.495 e. The second-order valence-electron chi connectivity index (χ2n) is 7.72. The SMILES string of the molecule is COc1cc(-n2ncc3c2CCCN3C(=O)Cn2nc(C(F)(F)F)c(Cl)c2C)cc(C)c1Cl. The first-order chi connectivity index (χ1) is 15.5. The maximum atomic E-state index is 13.1. The second kappa shape index (κ2) is 8.57. The summed E-state index contributed by atoms with van der Waals surface area (Å²) in [6, 6.07) is 3.63. The quantitative estimate of drug-likeness (QED) is 0.504. The van der Waals surface area contributed by atoms with Crippen LogP contribution >= 0.6 is 23.2 Å². The molecule has 0 bridgehead atoms. The van der Waals surface area contributed by atoms with Gasteiger partial charge in [0.25, 0.3) is 0 Å². The van der Waals surface area contributed by atoms with Crippen LogP contribution in [0.25, 0.3) is 5.69 Å². The number of methoxy groups -OCH3 is 1. The van der Waals surface area contributed by atoms with Crippen molar-refractivity contribution in [3.8, 4) is 11.4 Å². The third-order valence-electron chi connectivity index (χ3n) is 5.59. The highest BCUT2D eigenvalue weighted by atomic mass is 35.5. The van der Waals surface area contributed by atoms with Crippen LogP contribution in [0.4, 0.5) is 18.9 Å². The Kier molecular flexibility index (Phi) is 6.09. The molecule has 0 radical (unpaired) electrons. The Balaban J connectivity index is 1.65. The lowest BCUT2D eigenvalue weighted by Gasteiger charge is -2.27. The molecule has 4 rings (SSSR count). The van der Waals surface area contributed by atoms with Gasteiger partial charge in [0.2, 0.25) is 5.91 Å². The standard InChI is InChI=1S/C21H20Cl2F3N5O2/c1-11-7-13(8-16(33-3)18(11)22)31-14-5-4-6-29(15(14)9-27-31)17(32)10-30-12(2)19(23)20(28-30)21(24,25)26/h7-9H,4-6,10H2,1-3H3. The second-order valence-corrected chi connectivity index (χ2v) is 8.48. The third-order valence-corrected chi connectivity index (χ3v) is 6.53. The molecule has 12 heteroatoms. The van der Waals surface area contributed by atoms with Crippen molar-refractivity contribution in [3.63, 3.8) is 0 Å². The van der Waals surface area contributed by atoms with E-state index in [4.69, 9.17) is 27.9 Å². The van der Waals surface area contributed by atoms with Crippen LogP contribution in [0, 0.1) is 13.8 Å². The summed E-state index contributed by atoms with van der Waals surface area (Å²) in [4.78, 5) is 14.6. The molecule has 0 saturated heterocycles. The van der Waals surface area contributed by atoms with Gasteiger partial charge in [0.15, 0.2) is 5.69 Å².